The second-order valence-electron chi connectivity index (χ2n) is 8.36. The summed E-state index contributed by atoms with van der Waals surface area (Å²) in [6.07, 6.45) is 7.79. The van der Waals surface area contributed by atoms with Gasteiger partial charge in [-0.15, -0.1) is 0 Å². The Kier molecular flexibility index (Phi) is 10.1. The van der Waals surface area contributed by atoms with Gasteiger partial charge in [-0.3, -0.25) is 4.79 Å². The van der Waals surface area contributed by atoms with Crippen molar-refractivity contribution in [3.63, 3.8) is 0 Å². The summed E-state index contributed by atoms with van der Waals surface area (Å²) < 4.78 is 11.3. The highest BCUT2D eigenvalue weighted by atomic mass is 16.5. The molecule has 0 bridgehead atoms. The van der Waals surface area contributed by atoms with Crippen LogP contribution in [0.25, 0.3) is 0 Å². The molecule has 0 spiro atoms. The summed E-state index contributed by atoms with van der Waals surface area (Å²) in [6.45, 7) is 6.50. The van der Waals surface area contributed by atoms with E-state index in [0.29, 0.717) is 13.2 Å². The average molecular weight is 431 g/mol. The number of nitrogens with zero attached hydrogens (tertiary/aromatic N) is 1. The lowest BCUT2D eigenvalue weighted by atomic mass is 10.1. The number of hydrogen-bond donors (Lipinski definition) is 3. The minimum absolute atomic E-state index is 0.148. The molecule has 1 aromatic carbocycles. The number of benzene rings is 1. The average Bonchev–Trinajstić information content (AvgIpc) is 3.49. The highest BCUT2D eigenvalue weighted by Gasteiger charge is 2.22. The normalized spacial score (nSPS) is 19.5. The summed E-state index contributed by atoms with van der Waals surface area (Å²) in [4.78, 5) is 17.1. The fourth-order valence-corrected chi connectivity index (χ4v) is 4.06. The maximum Gasteiger partial charge on any atom is 0.227 e. The first-order valence-corrected chi connectivity index (χ1v) is 11.9. The smallest absolute Gasteiger partial charge is 0.227 e. The molecular weight excluding hydrogens is 392 g/mol. The number of carbonyl (C=O) groups is 1. The van der Waals surface area contributed by atoms with Crippen molar-refractivity contribution in [1.29, 1.82) is 0 Å². The van der Waals surface area contributed by atoms with Crippen LogP contribution < -0.4 is 16.0 Å². The van der Waals surface area contributed by atoms with Gasteiger partial charge in [-0.25, -0.2) is 4.99 Å². The first kappa shape index (κ1) is 23.5. The standard InChI is InChI=1S/C24H38N4O3/c1-2-25-24(26-13-7-14-30-18-22-12-6-15-31-22)27-17-19-8-5-11-21(16-19)28-23(29)20-9-3-4-10-20/h5,8,11,16,20,22H,2-4,6-7,9-10,12-15,17-18H2,1H3,(H,28,29)(H2,25,26,27). The first-order chi connectivity index (χ1) is 15.2. The molecule has 2 fully saturated rings. The molecule has 1 atom stereocenters. The van der Waals surface area contributed by atoms with Gasteiger partial charge in [-0.05, 0) is 56.7 Å². The number of carbonyl (C=O) groups excluding carboxylic acids is 1. The van der Waals surface area contributed by atoms with Crippen molar-refractivity contribution in [2.45, 2.75) is 64.5 Å². The van der Waals surface area contributed by atoms with Crippen molar-refractivity contribution in [2.24, 2.45) is 10.9 Å². The van der Waals surface area contributed by atoms with Gasteiger partial charge in [0.05, 0.1) is 19.3 Å². The van der Waals surface area contributed by atoms with E-state index >= 15 is 0 Å². The lowest BCUT2D eigenvalue weighted by molar-refractivity contribution is -0.119. The number of guanidine groups is 1. The maximum absolute atomic E-state index is 12.4. The molecule has 1 aliphatic heterocycles. The van der Waals surface area contributed by atoms with Gasteiger partial charge in [0.2, 0.25) is 5.91 Å². The molecule has 2 aliphatic rings. The predicted molar refractivity (Wildman–Crippen MR) is 124 cm³/mol. The van der Waals surface area contributed by atoms with Crippen LogP contribution in [-0.2, 0) is 20.8 Å². The number of nitrogens with one attached hydrogen (secondary N) is 3. The molecule has 7 heteroatoms. The molecule has 7 nitrogen and oxygen atoms in total. The molecule has 1 saturated heterocycles. The molecule has 1 heterocycles. The molecule has 172 valence electrons. The molecule has 3 rings (SSSR count). The summed E-state index contributed by atoms with van der Waals surface area (Å²) in [7, 11) is 0. The van der Waals surface area contributed by atoms with Crippen LogP contribution in [0.4, 0.5) is 5.69 Å². The third-order valence-electron chi connectivity index (χ3n) is 5.77. The third kappa shape index (κ3) is 8.50. The summed E-state index contributed by atoms with van der Waals surface area (Å²) >= 11 is 0. The van der Waals surface area contributed by atoms with E-state index in [-0.39, 0.29) is 17.9 Å². The van der Waals surface area contributed by atoms with E-state index in [9.17, 15) is 4.79 Å². The van der Waals surface area contributed by atoms with Crippen LogP contribution in [-0.4, -0.2) is 50.9 Å². The van der Waals surface area contributed by atoms with E-state index in [4.69, 9.17) is 9.47 Å². The van der Waals surface area contributed by atoms with Gasteiger partial charge in [0.25, 0.3) is 0 Å². The molecule has 0 aromatic heterocycles. The summed E-state index contributed by atoms with van der Waals surface area (Å²) in [5.74, 6) is 1.11. The van der Waals surface area contributed by atoms with Crippen molar-refractivity contribution in [1.82, 2.24) is 10.6 Å². The second-order valence-corrected chi connectivity index (χ2v) is 8.36. The van der Waals surface area contributed by atoms with Crippen LogP contribution in [0.3, 0.4) is 0 Å². The number of amides is 1. The zero-order chi connectivity index (χ0) is 21.7. The Morgan fingerprint density at radius 1 is 1.19 bits per heavy atom. The van der Waals surface area contributed by atoms with E-state index in [0.717, 1.165) is 88.5 Å². The van der Waals surface area contributed by atoms with Crippen LogP contribution in [0.5, 0.6) is 0 Å². The van der Waals surface area contributed by atoms with Gasteiger partial charge in [-0.1, -0.05) is 25.0 Å². The number of rotatable bonds is 11. The summed E-state index contributed by atoms with van der Waals surface area (Å²) in [5.41, 5.74) is 1.92. The Labute approximate surface area is 186 Å². The van der Waals surface area contributed by atoms with Gasteiger partial charge < -0.3 is 25.4 Å². The molecule has 3 N–H and O–H groups in total. The molecular formula is C24H38N4O3. The van der Waals surface area contributed by atoms with E-state index in [1.54, 1.807) is 0 Å². The van der Waals surface area contributed by atoms with E-state index in [1.807, 2.05) is 24.3 Å². The lowest BCUT2D eigenvalue weighted by Crippen LogP contribution is -2.38. The topological polar surface area (TPSA) is 84.0 Å². The zero-order valence-electron chi connectivity index (χ0n) is 18.8. The Balaban J connectivity index is 1.39. The van der Waals surface area contributed by atoms with E-state index in [2.05, 4.69) is 27.9 Å². The summed E-state index contributed by atoms with van der Waals surface area (Å²) in [5, 5.41) is 9.71. The van der Waals surface area contributed by atoms with Crippen LogP contribution in [0.15, 0.2) is 29.3 Å². The van der Waals surface area contributed by atoms with Crippen molar-refractivity contribution in [3.8, 4) is 0 Å². The number of anilines is 1. The molecule has 1 saturated carbocycles. The molecule has 31 heavy (non-hydrogen) atoms. The largest absolute Gasteiger partial charge is 0.379 e. The maximum atomic E-state index is 12.4. The van der Waals surface area contributed by atoms with Gasteiger partial charge >= 0.3 is 0 Å². The van der Waals surface area contributed by atoms with Crippen molar-refractivity contribution in [2.75, 3.05) is 38.2 Å². The fourth-order valence-electron chi connectivity index (χ4n) is 4.06. The zero-order valence-corrected chi connectivity index (χ0v) is 18.8. The van der Waals surface area contributed by atoms with Gasteiger partial charge in [0.1, 0.15) is 0 Å². The van der Waals surface area contributed by atoms with Crippen LogP contribution in [0.2, 0.25) is 0 Å². The molecule has 1 amide bonds. The molecule has 1 aliphatic carbocycles. The number of hydrogen-bond acceptors (Lipinski definition) is 4. The van der Waals surface area contributed by atoms with Crippen molar-refractivity contribution >= 4 is 17.6 Å². The monoisotopic (exact) mass is 430 g/mol. The van der Waals surface area contributed by atoms with E-state index < -0.39 is 0 Å². The Morgan fingerprint density at radius 2 is 2.06 bits per heavy atom. The second kappa shape index (κ2) is 13.3. The van der Waals surface area contributed by atoms with Crippen LogP contribution in [0, 0.1) is 5.92 Å². The Hall–Kier alpha value is -2.12. The SMILES string of the molecule is CCNC(=NCc1cccc(NC(=O)C2CCCC2)c1)NCCCOCC1CCCO1. The number of ether oxygens (including phenoxy) is 2. The highest BCUT2D eigenvalue weighted by Crippen LogP contribution is 2.26. The quantitative estimate of drug-likeness (QED) is 0.284. The highest BCUT2D eigenvalue weighted by molar-refractivity contribution is 5.92. The minimum Gasteiger partial charge on any atom is -0.379 e. The Bertz CT molecular complexity index is 698. The Morgan fingerprint density at radius 3 is 2.84 bits per heavy atom. The lowest BCUT2D eigenvalue weighted by Gasteiger charge is -2.13. The first-order valence-electron chi connectivity index (χ1n) is 11.9. The summed E-state index contributed by atoms with van der Waals surface area (Å²) in [6, 6.07) is 7.97. The fraction of sp³-hybridized carbons (Fsp3) is 0.667. The van der Waals surface area contributed by atoms with Crippen LogP contribution >= 0.6 is 0 Å². The molecule has 1 unspecified atom stereocenters. The van der Waals surface area contributed by atoms with Gasteiger partial charge in [0.15, 0.2) is 5.96 Å². The molecule has 0 radical (unpaired) electrons. The number of aliphatic imine (C=N–C) groups is 1. The third-order valence-corrected chi connectivity index (χ3v) is 5.77. The van der Waals surface area contributed by atoms with Gasteiger partial charge in [-0.2, -0.15) is 0 Å². The van der Waals surface area contributed by atoms with Crippen molar-refractivity contribution in [3.05, 3.63) is 29.8 Å². The minimum atomic E-state index is 0.148. The van der Waals surface area contributed by atoms with Crippen LogP contribution in [0.1, 0.15) is 57.4 Å². The molecule has 1 aromatic rings. The van der Waals surface area contributed by atoms with Gasteiger partial charge in [0, 0.05) is 37.9 Å². The van der Waals surface area contributed by atoms with E-state index in [1.165, 1.54) is 0 Å². The predicted octanol–water partition coefficient (Wildman–Crippen LogP) is 3.46. The van der Waals surface area contributed by atoms with Crippen molar-refractivity contribution < 1.29 is 14.3 Å².